The lowest BCUT2D eigenvalue weighted by Gasteiger charge is -2.20. The number of methoxy groups -OCH3 is 1. The number of ether oxygens (including phenoxy) is 1. The van der Waals surface area contributed by atoms with Crippen molar-refractivity contribution in [1.82, 2.24) is 0 Å². The first-order valence-corrected chi connectivity index (χ1v) is 9.37. The van der Waals surface area contributed by atoms with Gasteiger partial charge < -0.3 is 20.1 Å². The summed E-state index contributed by atoms with van der Waals surface area (Å²) in [6.45, 7) is 2.10. The minimum atomic E-state index is -0.954. The number of esters is 1. The molecule has 0 saturated carbocycles. The molecule has 0 aliphatic rings. The molecule has 5 heteroatoms. The second kappa shape index (κ2) is 12.6. The number of benzene rings is 1. The molecule has 1 rings (SSSR count). The van der Waals surface area contributed by atoms with E-state index in [9.17, 15) is 20.1 Å². The molecule has 0 saturated heterocycles. The number of unbranched alkanes of at least 4 members (excludes halogenated alkanes) is 2. The van der Waals surface area contributed by atoms with Crippen molar-refractivity contribution in [2.75, 3.05) is 7.11 Å². The van der Waals surface area contributed by atoms with Crippen LogP contribution in [-0.4, -0.2) is 40.6 Å². The van der Waals surface area contributed by atoms with Crippen LogP contribution in [0.3, 0.4) is 0 Å². The Kier molecular flexibility index (Phi) is 10.9. The molecule has 0 aliphatic heterocycles. The molecule has 0 aromatic heterocycles. The van der Waals surface area contributed by atoms with Crippen LogP contribution in [0.1, 0.15) is 69.1 Å². The van der Waals surface area contributed by atoms with E-state index in [1.165, 1.54) is 7.11 Å². The Morgan fingerprint density at radius 2 is 1.85 bits per heavy atom. The zero-order valence-corrected chi connectivity index (χ0v) is 15.8. The fourth-order valence-electron chi connectivity index (χ4n) is 2.77. The van der Waals surface area contributed by atoms with E-state index in [2.05, 4.69) is 11.7 Å². The van der Waals surface area contributed by atoms with E-state index in [1.807, 2.05) is 18.2 Å². The van der Waals surface area contributed by atoms with Gasteiger partial charge in [0.2, 0.25) is 0 Å². The summed E-state index contributed by atoms with van der Waals surface area (Å²) in [5.74, 6) is -0.285. The Labute approximate surface area is 156 Å². The smallest absolute Gasteiger partial charge is 0.305 e. The summed E-state index contributed by atoms with van der Waals surface area (Å²) >= 11 is 0. The minimum absolute atomic E-state index is 0.278. The molecule has 146 valence electrons. The fourth-order valence-corrected chi connectivity index (χ4v) is 2.77. The van der Waals surface area contributed by atoms with Crippen LogP contribution in [0.15, 0.2) is 30.3 Å². The molecule has 3 atom stereocenters. The molecule has 3 N–H and O–H groups in total. The SMILES string of the molecule is CCCCC[C@@H](O)[C@H](O)c1ccccc1/C=C/[C@@H](O)CCCC(=O)OC. The summed E-state index contributed by atoms with van der Waals surface area (Å²) in [6, 6.07) is 7.30. The predicted octanol–water partition coefficient (Wildman–Crippen LogP) is 3.38. The molecule has 5 nitrogen and oxygen atoms in total. The molecule has 0 fully saturated rings. The van der Waals surface area contributed by atoms with Crippen LogP contribution >= 0.6 is 0 Å². The van der Waals surface area contributed by atoms with Crippen LogP contribution in [0, 0.1) is 0 Å². The second-order valence-corrected chi connectivity index (χ2v) is 6.53. The monoisotopic (exact) mass is 364 g/mol. The van der Waals surface area contributed by atoms with Gasteiger partial charge in [-0.15, -0.1) is 0 Å². The molecule has 1 aromatic rings. The number of aliphatic hydroxyl groups is 3. The van der Waals surface area contributed by atoms with Gasteiger partial charge in [0.05, 0.1) is 19.3 Å². The standard InChI is InChI=1S/C21H32O5/c1-3-4-5-12-19(23)21(25)18-11-7-6-9-16(18)14-15-17(22)10-8-13-20(24)26-2/h6-7,9,11,14-15,17,19,21-23,25H,3-5,8,10,12-13H2,1-2H3/b15-14+/t17-,19+,21+/m0/s1. The van der Waals surface area contributed by atoms with Gasteiger partial charge in [0, 0.05) is 6.42 Å². The highest BCUT2D eigenvalue weighted by molar-refractivity contribution is 5.69. The van der Waals surface area contributed by atoms with Crippen LogP contribution in [0.25, 0.3) is 6.08 Å². The van der Waals surface area contributed by atoms with E-state index in [0.717, 1.165) is 24.8 Å². The Hall–Kier alpha value is -1.69. The summed E-state index contributed by atoms with van der Waals surface area (Å²) in [6.07, 6.45) is 5.76. The van der Waals surface area contributed by atoms with Gasteiger partial charge in [-0.25, -0.2) is 0 Å². The zero-order valence-electron chi connectivity index (χ0n) is 15.8. The third-order valence-electron chi connectivity index (χ3n) is 4.39. The van der Waals surface area contributed by atoms with Crippen molar-refractivity contribution >= 4 is 12.0 Å². The van der Waals surface area contributed by atoms with E-state index in [-0.39, 0.29) is 12.4 Å². The van der Waals surface area contributed by atoms with Crippen molar-refractivity contribution in [3.05, 3.63) is 41.5 Å². The first kappa shape index (κ1) is 22.4. The predicted molar refractivity (Wildman–Crippen MR) is 102 cm³/mol. The normalized spacial score (nSPS) is 15.0. The maximum absolute atomic E-state index is 11.1. The number of aliphatic hydroxyl groups excluding tert-OH is 3. The molecule has 0 bridgehead atoms. The summed E-state index contributed by atoms with van der Waals surface area (Å²) in [5, 5.41) is 30.7. The Morgan fingerprint density at radius 1 is 1.12 bits per heavy atom. The minimum Gasteiger partial charge on any atom is -0.469 e. The van der Waals surface area contributed by atoms with E-state index >= 15 is 0 Å². The molecule has 26 heavy (non-hydrogen) atoms. The van der Waals surface area contributed by atoms with Gasteiger partial charge in [-0.1, -0.05) is 62.6 Å². The van der Waals surface area contributed by atoms with Crippen LogP contribution in [-0.2, 0) is 9.53 Å². The van der Waals surface area contributed by atoms with Crippen molar-refractivity contribution in [1.29, 1.82) is 0 Å². The van der Waals surface area contributed by atoms with E-state index < -0.39 is 18.3 Å². The van der Waals surface area contributed by atoms with Crippen LogP contribution < -0.4 is 0 Å². The summed E-state index contributed by atoms with van der Waals surface area (Å²) in [4.78, 5) is 11.1. The topological polar surface area (TPSA) is 87.0 Å². The second-order valence-electron chi connectivity index (χ2n) is 6.53. The number of rotatable bonds is 12. The molecule has 1 aromatic carbocycles. The molecule has 0 radical (unpaired) electrons. The van der Waals surface area contributed by atoms with Crippen molar-refractivity contribution in [2.24, 2.45) is 0 Å². The average molecular weight is 364 g/mol. The van der Waals surface area contributed by atoms with Gasteiger partial charge in [0.25, 0.3) is 0 Å². The van der Waals surface area contributed by atoms with E-state index in [1.54, 1.807) is 18.2 Å². The quantitative estimate of drug-likeness (QED) is 0.391. The van der Waals surface area contributed by atoms with Gasteiger partial charge in [-0.3, -0.25) is 4.79 Å². The lowest BCUT2D eigenvalue weighted by molar-refractivity contribution is -0.140. The highest BCUT2D eigenvalue weighted by Gasteiger charge is 2.19. The molecular weight excluding hydrogens is 332 g/mol. The first-order valence-electron chi connectivity index (χ1n) is 9.37. The van der Waals surface area contributed by atoms with E-state index in [4.69, 9.17) is 0 Å². The fraction of sp³-hybridized carbons (Fsp3) is 0.571. The number of carbonyl (C=O) groups excluding carboxylic acids is 1. The highest BCUT2D eigenvalue weighted by atomic mass is 16.5. The molecule has 0 spiro atoms. The molecule has 0 aliphatic carbocycles. The molecule has 0 amide bonds. The van der Waals surface area contributed by atoms with Crippen molar-refractivity contribution in [3.8, 4) is 0 Å². The zero-order chi connectivity index (χ0) is 19.4. The van der Waals surface area contributed by atoms with E-state index in [0.29, 0.717) is 24.8 Å². The van der Waals surface area contributed by atoms with Crippen LogP contribution in [0.2, 0.25) is 0 Å². The van der Waals surface area contributed by atoms with Gasteiger partial charge in [-0.05, 0) is 30.4 Å². The highest BCUT2D eigenvalue weighted by Crippen LogP contribution is 2.25. The molecule has 0 heterocycles. The Balaban J connectivity index is 2.65. The summed E-state index contributed by atoms with van der Waals surface area (Å²) in [7, 11) is 1.34. The lowest BCUT2D eigenvalue weighted by atomic mass is 9.95. The Bertz CT molecular complexity index is 555. The maximum atomic E-state index is 11.1. The Morgan fingerprint density at radius 3 is 2.54 bits per heavy atom. The number of carbonyl (C=O) groups is 1. The third-order valence-corrected chi connectivity index (χ3v) is 4.39. The van der Waals surface area contributed by atoms with Gasteiger partial charge >= 0.3 is 5.97 Å². The number of hydrogen-bond donors (Lipinski definition) is 3. The van der Waals surface area contributed by atoms with Crippen molar-refractivity contribution in [2.45, 2.75) is 70.2 Å². The van der Waals surface area contributed by atoms with Gasteiger partial charge in [0.1, 0.15) is 6.10 Å². The van der Waals surface area contributed by atoms with Crippen LogP contribution in [0.5, 0.6) is 0 Å². The third kappa shape index (κ3) is 8.13. The van der Waals surface area contributed by atoms with Gasteiger partial charge in [-0.2, -0.15) is 0 Å². The average Bonchev–Trinajstić information content (AvgIpc) is 2.65. The number of hydrogen-bond acceptors (Lipinski definition) is 5. The van der Waals surface area contributed by atoms with Crippen molar-refractivity contribution in [3.63, 3.8) is 0 Å². The van der Waals surface area contributed by atoms with Crippen LogP contribution in [0.4, 0.5) is 0 Å². The molecular formula is C21H32O5. The largest absolute Gasteiger partial charge is 0.469 e. The summed E-state index contributed by atoms with van der Waals surface area (Å²) < 4.78 is 4.57. The first-order chi connectivity index (χ1) is 12.5. The molecule has 0 unspecified atom stereocenters. The maximum Gasteiger partial charge on any atom is 0.305 e. The van der Waals surface area contributed by atoms with Crippen molar-refractivity contribution < 1.29 is 24.9 Å². The lowest BCUT2D eigenvalue weighted by Crippen LogP contribution is -2.19. The van der Waals surface area contributed by atoms with Gasteiger partial charge in [0.15, 0.2) is 0 Å². The summed E-state index contributed by atoms with van der Waals surface area (Å²) in [5.41, 5.74) is 1.41.